The fourth-order valence-electron chi connectivity index (χ4n) is 5.34. The van der Waals surface area contributed by atoms with Crippen molar-refractivity contribution in [2.45, 2.75) is 56.3 Å². The van der Waals surface area contributed by atoms with E-state index in [4.69, 9.17) is 4.74 Å². The van der Waals surface area contributed by atoms with Crippen LogP contribution in [0.15, 0.2) is 30.6 Å². The molecule has 5 nitrogen and oxygen atoms in total. The van der Waals surface area contributed by atoms with Gasteiger partial charge in [0.15, 0.2) is 0 Å². The number of rotatable bonds is 4. The zero-order valence-corrected chi connectivity index (χ0v) is 14.7. The zero-order valence-electron chi connectivity index (χ0n) is 14.7. The maximum Gasteiger partial charge on any atom is 0.0880 e. The summed E-state index contributed by atoms with van der Waals surface area (Å²) in [5.74, 6) is 0.689. The number of hydrogen-bond donors (Lipinski definition) is 1. The minimum absolute atomic E-state index is 0.532. The molecule has 3 saturated heterocycles. The van der Waals surface area contributed by atoms with E-state index in [0.29, 0.717) is 24.5 Å². The molecule has 3 aliphatic heterocycles. The molecule has 0 amide bonds. The van der Waals surface area contributed by atoms with Crippen molar-refractivity contribution in [3.05, 3.63) is 30.6 Å². The van der Waals surface area contributed by atoms with Crippen LogP contribution in [0.5, 0.6) is 0 Å². The van der Waals surface area contributed by atoms with Crippen molar-refractivity contribution in [2.75, 3.05) is 19.8 Å². The van der Waals surface area contributed by atoms with E-state index in [1.165, 1.54) is 19.3 Å². The van der Waals surface area contributed by atoms with E-state index in [-0.39, 0.29) is 0 Å². The second-order valence-electron chi connectivity index (χ2n) is 8.30. The maximum atomic E-state index is 11.4. The van der Waals surface area contributed by atoms with Crippen molar-refractivity contribution in [1.29, 1.82) is 0 Å². The van der Waals surface area contributed by atoms with Gasteiger partial charge in [-0.05, 0) is 56.2 Å². The van der Waals surface area contributed by atoms with Crippen LogP contribution in [0.4, 0.5) is 0 Å². The Morgan fingerprint density at radius 1 is 1.20 bits per heavy atom. The number of ether oxygens (including phenoxy) is 1. The van der Waals surface area contributed by atoms with E-state index in [1.54, 1.807) is 0 Å². The van der Waals surface area contributed by atoms with Crippen LogP contribution in [0.1, 0.15) is 32.1 Å². The van der Waals surface area contributed by atoms with E-state index in [0.717, 1.165) is 43.6 Å². The van der Waals surface area contributed by atoms with Gasteiger partial charge in [-0.25, -0.2) is 0 Å². The van der Waals surface area contributed by atoms with Crippen LogP contribution in [-0.4, -0.2) is 57.0 Å². The van der Waals surface area contributed by atoms with Gasteiger partial charge >= 0.3 is 0 Å². The molecule has 2 bridgehead atoms. The third-order valence-corrected chi connectivity index (χ3v) is 6.50. The van der Waals surface area contributed by atoms with Gasteiger partial charge in [0.1, 0.15) is 0 Å². The quantitative estimate of drug-likeness (QED) is 0.928. The van der Waals surface area contributed by atoms with Crippen molar-refractivity contribution >= 4 is 11.0 Å². The smallest absolute Gasteiger partial charge is 0.0880 e. The summed E-state index contributed by atoms with van der Waals surface area (Å²) in [7, 11) is 0. The van der Waals surface area contributed by atoms with Gasteiger partial charge < -0.3 is 14.4 Å². The van der Waals surface area contributed by atoms with Gasteiger partial charge in [-0.15, -0.1) is 0 Å². The van der Waals surface area contributed by atoms with Gasteiger partial charge in [0.25, 0.3) is 0 Å². The monoisotopic (exact) mass is 341 g/mol. The second-order valence-corrected chi connectivity index (χ2v) is 8.30. The first-order valence-corrected chi connectivity index (χ1v) is 9.66. The highest BCUT2D eigenvalue weighted by molar-refractivity contribution is 5.75. The van der Waals surface area contributed by atoms with Crippen LogP contribution >= 0.6 is 0 Å². The summed E-state index contributed by atoms with van der Waals surface area (Å²) in [5.41, 5.74) is 1.53. The van der Waals surface area contributed by atoms with E-state index in [9.17, 15) is 5.11 Å². The average Bonchev–Trinajstić information content (AvgIpc) is 3.30. The minimum Gasteiger partial charge on any atom is -0.388 e. The topological polar surface area (TPSA) is 50.5 Å². The predicted octanol–water partition coefficient (Wildman–Crippen LogP) is 2.43. The molecule has 2 aromatic rings. The van der Waals surface area contributed by atoms with Gasteiger partial charge in [0.05, 0.1) is 29.8 Å². The normalized spacial score (nSPS) is 35.6. The molecule has 5 heterocycles. The van der Waals surface area contributed by atoms with Gasteiger partial charge in [0.2, 0.25) is 0 Å². The largest absolute Gasteiger partial charge is 0.388 e. The Morgan fingerprint density at radius 2 is 2.04 bits per heavy atom. The molecule has 0 unspecified atom stereocenters. The number of nitrogens with zero attached hydrogens (tertiary/aromatic N) is 3. The maximum absolute atomic E-state index is 11.4. The molecule has 25 heavy (non-hydrogen) atoms. The molecule has 3 atom stereocenters. The molecule has 5 rings (SSSR count). The third kappa shape index (κ3) is 2.88. The SMILES string of the molecule is OC1(Cn2ccc3ncccc32)C[C@@H]2CC[C@@H](C1)N2C[C@@H]1CCOC1. The Kier molecular flexibility index (Phi) is 3.84. The first-order chi connectivity index (χ1) is 12.2. The Balaban J connectivity index is 1.32. The molecule has 0 spiro atoms. The molecular formula is C20H27N3O2. The number of aromatic nitrogens is 2. The molecular weight excluding hydrogens is 314 g/mol. The molecule has 3 aliphatic rings. The Bertz CT molecular complexity index is 738. The summed E-state index contributed by atoms with van der Waals surface area (Å²) < 4.78 is 7.74. The number of hydrogen-bond acceptors (Lipinski definition) is 4. The van der Waals surface area contributed by atoms with Crippen molar-refractivity contribution in [3.8, 4) is 0 Å². The van der Waals surface area contributed by atoms with Crippen molar-refractivity contribution in [1.82, 2.24) is 14.5 Å². The second kappa shape index (κ2) is 6.08. The molecule has 0 saturated carbocycles. The highest BCUT2D eigenvalue weighted by Crippen LogP contribution is 2.42. The van der Waals surface area contributed by atoms with Crippen molar-refractivity contribution < 1.29 is 9.84 Å². The Hall–Kier alpha value is -1.43. The molecule has 0 aliphatic carbocycles. The fourth-order valence-corrected chi connectivity index (χ4v) is 5.34. The molecule has 2 aromatic heterocycles. The average molecular weight is 341 g/mol. The number of pyridine rings is 1. The van der Waals surface area contributed by atoms with Gasteiger partial charge in [-0.1, -0.05) is 0 Å². The van der Waals surface area contributed by atoms with E-state index in [1.807, 2.05) is 18.3 Å². The molecule has 134 valence electrons. The Morgan fingerprint density at radius 3 is 2.80 bits per heavy atom. The van der Waals surface area contributed by atoms with Gasteiger partial charge in [-0.3, -0.25) is 9.88 Å². The highest BCUT2D eigenvalue weighted by Gasteiger charge is 2.48. The molecule has 0 radical (unpaired) electrons. The lowest BCUT2D eigenvalue weighted by molar-refractivity contribution is -0.0654. The van der Waals surface area contributed by atoms with E-state index in [2.05, 4.69) is 26.7 Å². The number of aliphatic hydroxyl groups is 1. The van der Waals surface area contributed by atoms with Crippen LogP contribution in [0.25, 0.3) is 11.0 Å². The standard InChI is InChI=1S/C20H27N3O2/c24-20(14-22-8-5-18-19(22)2-1-7-21-18)10-16-3-4-17(11-20)23(16)12-15-6-9-25-13-15/h1-2,5,7-8,15-17,24H,3-4,6,9-14H2/t15-,16-,17-/m0/s1. The molecule has 5 heteroatoms. The molecule has 3 fully saturated rings. The van der Waals surface area contributed by atoms with E-state index < -0.39 is 5.60 Å². The summed E-state index contributed by atoms with van der Waals surface area (Å²) in [5, 5.41) is 11.4. The van der Waals surface area contributed by atoms with Crippen LogP contribution in [0, 0.1) is 5.92 Å². The fraction of sp³-hybridized carbons (Fsp3) is 0.650. The lowest BCUT2D eigenvalue weighted by Crippen LogP contribution is -2.53. The third-order valence-electron chi connectivity index (χ3n) is 6.50. The number of fused-ring (bicyclic) bond motifs is 3. The molecule has 1 N–H and O–H groups in total. The number of piperidine rings is 1. The first kappa shape index (κ1) is 15.8. The van der Waals surface area contributed by atoms with Crippen molar-refractivity contribution in [3.63, 3.8) is 0 Å². The lowest BCUT2D eigenvalue weighted by Gasteiger charge is -2.44. The summed E-state index contributed by atoms with van der Waals surface area (Å²) in [4.78, 5) is 7.09. The minimum atomic E-state index is -0.601. The van der Waals surface area contributed by atoms with Gasteiger partial charge in [0, 0.05) is 37.6 Å². The van der Waals surface area contributed by atoms with Crippen LogP contribution in [0.3, 0.4) is 0 Å². The van der Waals surface area contributed by atoms with E-state index >= 15 is 0 Å². The Labute approximate surface area is 148 Å². The van der Waals surface area contributed by atoms with Gasteiger partial charge in [-0.2, -0.15) is 0 Å². The lowest BCUT2D eigenvalue weighted by atomic mass is 9.85. The summed E-state index contributed by atoms with van der Waals surface area (Å²) in [6.45, 7) is 3.67. The molecule has 0 aromatic carbocycles. The van der Waals surface area contributed by atoms with Crippen LogP contribution in [0.2, 0.25) is 0 Å². The van der Waals surface area contributed by atoms with Crippen molar-refractivity contribution in [2.24, 2.45) is 5.92 Å². The summed E-state index contributed by atoms with van der Waals surface area (Å²) in [6.07, 6.45) is 9.33. The van der Waals surface area contributed by atoms with Crippen LogP contribution in [-0.2, 0) is 11.3 Å². The zero-order chi connectivity index (χ0) is 16.9. The summed E-state index contributed by atoms with van der Waals surface area (Å²) >= 11 is 0. The highest BCUT2D eigenvalue weighted by atomic mass is 16.5. The van der Waals surface area contributed by atoms with Crippen LogP contribution < -0.4 is 0 Å². The first-order valence-electron chi connectivity index (χ1n) is 9.66. The predicted molar refractivity (Wildman–Crippen MR) is 96.4 cm³/mol. The summed E-state index contributed by atoms with van der Waals surface area (Å²) in [6, 6.07) is 7.17.